The van der Waals surface area contributed by atoms with Gasteiger partial charge in [0.1, 0.15) is 11.4 Å². The molecule has 0 bridgehead atoms. The summed E-state index contributed by atoms with van der Waals surface area (Å²) < 4.78 is 10.7. The number of hydrogen-bond acceptors (Lipinski definition) is 8. The van der Waals surface area contributed by atoms with Crippen LogP contribution in [0.25, 0.3) is 11.5 Å². The molecule has 0 atom stereocenters. The first-order valence-electron chi connectivity index (χ1n) is 9.85. The minimum atomic E-state index is -0.359. The fraction of sp³-hybridized carbons (Fsp3) is 0.333. The second-order valence-corrected chi connectivity index (χ2v) is 6.98. The van der Waals surface area contributed by atoms with Crippen LogP contribution in [0.5, 0.6) is 5.75 Å². The van der Waals surface area contributed by atoms with Crippen LogP contribution in [0.3, 0.4) is 0 Å². The van der Waals surface area contributed by atoms with Gasteiger partial charge in [-0.1, -0.05) is 24.2 Å². The summed E-state index contributed by atoms with van der Waals surface area (Å²) in [7, 11) is 1.66. The highest BCUT2D eigenvalue weighted by Crippen LogP contribution is 2.35. The molecule has 4 rings (SSSR count). The van der Waals surface area contributed by atoms with Crippen LogP contribution in [-0.4, -0.2) is 48.4 Å². The lowest BCUT2D eigenvalue weighted by atomic mass is 10.1. The van der Waals surface area contributed by atoms with Gasteiger partial charge in [0.15, 0.2) is 5.82 Å². The Morgan fingerprint density at radius 2 is 1.80 bits per heavy atom. The van der Waals surface area contributed by atoms with Crippen LogP contribution in [0, 0.1) is 10.1 Å². The second kappa shape index (κ2) is 8.40. The predicted molar refractivity (Wildman–Crippen MR) is 113 cm³/mol. The van der Waals surface area contributed by atoms with E-state index in [2.05, 4.69) is 15.0 Å². The fourth-order valence-corrected chi connectivity index (χ4v) is 3.66. The monoisotopic (exact) mass is 409 g/mol. The zero-order valence-corrected chi connectivity index (χ0v) is 16.9. The quantitative estimate of drug-likeness (QED) is 0.450. The van der Waals surface area contributed by atoms with Crippen molar-refractivity contribution >= 4 is 17.1 Å². The highest BCUT2D eigenvalue weighted by molar-refractivity contribution is 5.71. The molecular formula is C21H23N5O4. The molecule has 156 valence electrons. The SMILES string of the molecule is CCc1noc(-c2ccc(N3CCN(c4ccccc4OC)CC3)c([N+](=O)[O-])c2)n1. The van der Waals surface area contributed by atoms with E-state index in [1.54, 1.807) is 19.2 Å². The number of rotatable bonds is 6. The van der Waals surface area contributed by atoms with Crippen LogP contribution in [-0.2, 0) is 6.42 Å². The Kier molecular flexibility index (Phi) is 5.51. The van der Waals surface area contributed by atoms with Crippen molar-refractivity contribution < 1.29 is 14.2 Å². The van der Waals surface area contributed by atoms with Crippen LogP contribution in [0.1, 0.15) is 12.7 Å². The third-order valence-corrected chi connectivity index (χ3v) is 5.25. The van der Waals surface area contributed by atoms with Gasteiger partial charge in [-0.05, 0) is 24.3 Å². The van der Waals surface area contributed by atoms with Gasteiger partial charge in [-0.15, -0.1) is 0 Å². The van der Waals surface area contributed by atoms with Crippen molar-refractivity contribution in [2.24, 2.45) is 0 Å². The number of para-hydroxylation sites is 2. The van der Waals surface area contributed by atoms with E-state index >= 15 is 0 Å². The molecule has 1 saturated heterocycles. The van der Waals surface area contributed by atoms with E-state index in [1.807, 2.05) is 36.1 Å². The molecule has 0 spiro atoms. The van der Waals surface area contributed by atoms with Crippen molar-refractivity contribution in [2.75, 3.05) is 43.1 Å². The van der Waals surface area contributed by atoms with Crippen molar-refractivity contribution in [3.05, 3.63) is 58.4 Å². The molecule has 9 nitrogen and oxygen atoms in total. The second-order valence-electron chi connectivity index (χ2n) is 6.98. The van der Waals surface area contributed by atoms with Crippen LogP contribution >= 0.6 is 0 Å². The Morgan fingerprint density at radius 1 is 1.10 bits per heavy atom. The molecule has 0 unspecified atom stereocenters. The van der Waals surface area contributed by atoms with E-state index in [1.165, 1.54) is 6.07 Å². The molecule has 9 heteroatoms. The van der Waals surface area contributed by atoms with E-state index in [4.69, 9.17) is 9.26 Å². The van der Waals surface area contributed by atoms with Gasteiger partial charge in [-0.2, -0.15) is 4.98 Å². The third kappa shape index (κ3) is 3.78. The van der Waals surface area contributed by atoms with E-state index < -0.39 is 0 Å². The van der Waals surface area contributed by atoms with Gasteiger partial charge in [0, 0.05) is 44.2 Å². The van der Waals surface area contributed by atoms with Gasteiger partial charge in [0.05, 0.1) is 17.7 Å². The molecule has 0 saturated carbocycles. The maximum Gasteiger partial charge on any atom is 0.293 e. The van der Waals surface area contributed by atoms with Crippen LogP contribution < -0.4 is 14.5 Å². The lowest BCUT2D eigenvalue weighted by molar-refractivity contribution is -0.384. The smallest absolute Gasteiger partial charge is 0.293 e. The molecule has 1 fully saturated rings. The van der Waals surface area contributed by atoms with Gasteiger partial charge in [-0.25, -0.2) is 0 Å². The summed E-state index contributed by atoms with van der Waals surface area (Å²) in [4.78, 5) is 20.0. The number of nitro benzene ring substituents is 1. The van der Waals surface area contributed by atoms with Crippen LogP contribution in [0.15, 0.2) is 47.0 Å². The molecule has 0 radical (unpaired) electrons. The number of hydrogen-bond donors (Lipinski definition) is 0. The number of aromatic nitrogens is 2. The number of nitrogens with zero attached hydrogens (tertiary/aromatic N) is 5. The van der Waals surface area contributed by atoms with Crippen LogP contribution in [0.2, 0.25) is 0 Å². The number of piperazine rings is 1. The molecule has 0 amide bonds. The Balaban J connectivity index is 1.55. The van der Waals surface area contributed by atoms with Crippen LogP contribution in [0.4, 0.5) is 17.1 Å². The summed E-state index contributed by atoms with van der Waals surface area (Å²) in [6.07, 6.45) is 0.639. The van der Waals surface area contributed by atoms with Crippen molar-refractivity contribution in [1.29, 1.82) is 0 Å². The average Bonchev–Trinajstić information content (AvgIpc) is 3.28. The maximum atomic E-state index is 11.8. The number of aryl methyl sites for hydroxylation is 1. The number of ether oxygens (including phenoxy) is 1. The number of anilines is 2. The fourth-order valence-electron chi connectivity index (χ4n) is 3.66. The molecule has 30 heavy (non-hydrogen) atoms. The van der Waals surface area contributed by atoms with E-state index in [9.17, 15) is 10.1 Å². The summed E-state index contributed by atoms with van der Waals surface area (Å²) >= 11 is 0. The molecule has 3 aromatic rings. The summed E-state index contributed by atoms with van der Waals surface area (Å²) in [6.45, 7) is 4.73. The first-order chi connectivity index (χ1) is 14.6. The molecule has 1 aromatic heterocycles. The number of benzene rings is 2. The summed E-state index contributed by atoms with van der Waals surface area (Å²) in [5.74, 6) is 1.69. The van der Waals surface area contributed by atoms with Crippen molar-refractivity contribution in [1.82, 2.24) is 10.1 Å². The zero-order chi connectivity index (χ0) is 21.1. The topological polar surface area (TPSA) is 97.8 Å². The summed E-state index contributed by atoms with van der Waals surface area (Å²) in [5.41, 5.74) is 2.21. The van der Waals surface area contributed by atoms with E-state index in [-0.39, 0.29) is 10.6 Å². The number of nitro groups is 1. The molecule has 1 aliphatic rings. The predicted octanol–water partition coefficient (Wildman–Crippen LogP) is 3.54. The molecule has 0 N–H and O–H groups in total. The zero-order valence-electron chi connectivity index (χ0n) is 16.9. The van der Waals surface area contributed by atoms with E-state index in [0.717, 1.165) is 24.5 Å². The summed E-state index contributed by atoms with van der Waals surface area (Å²) in [5, 5.41) is 15.6. The minimum Gasteiger partial charge on any atom is -0.495 e. The van der Waals surface area contributed by atoms with Gasteiger partial charge < -0.3 is 19.1 Å². The summed E-state index contributed by atoms with van der Waals surface area (Å²) in [6, 6.07) is 13.0. The molecular weight excluding hydrogens is 386 g/mol. The van der Waals surface area contributed by atoms with Crippen molar-refractivity contribution in [2.45, 2.75) is 13.3 Å². The Morgan fingerprint density at radius 3 is 2.43 bits per heavy atom. The number of methoxy groups -OCH3 is 1. The average molecular weight is 409 g/mol. The molecule has 2 heterocycles. The Hall–Kier alpha value is -3.62. The standard InChI is InChI=1S/C21H23N5O4/c1-3-20-22-21(30-23-20)15-8-9-16(18(14-15)26(27)28)24-10-12-25(13-11-24)17-6-4-5-7-19(17)29-2/h4-9,14H,3,10-13H2,1-2H3. The van der Waals surface area contributed by atoms with Crippen molar-refractivity contribution in [3.8, 4) is 17.2 Å². The molecule has 0 aliphatic carbocycles. The normalized spacial score (nSPS) is 14.1. The van der Waals surface area contributed by atoms with Gasteiger partial charge in [-0.3, -0.25) is 10.1 Å². The first kappa shape index (κ1) is 19.7. The largest absolute Gasteiger partial charge is 0.495 e. The molecule has 2 aromatic carbocycles. The Bertz CT molecular complexity index is 1040. The maximum absolute atomic E-state index is 11.8. The first-order valence-corrected chi connectivity index (χ1v) is 9.85. The highest BCUT2D eigenvalue weighted by Gasteiger charge is 2.26. The van der Waals surface area contributed by atoms with Gasteiger partial charge in [0.25, 0.3) is 11.6 Å². The Labute approximate surface area is 174 Å². The lowest BCUT2D eigenvalue weighted by Crippen LogP contribution is -2.46. The van der Waals surface area contributed by atoms with E-state index in [0.29, 0.717) is 42.5 Å². The minimum absolute atomic E-state index is 0.0366. The van der Waals surface area contributed by atoms with Crippen molar-refractivity contribution in [3.63, 3.8) is 0 Å². The highest BCUT2D eigenvalue weighted by atomic mass is 16.6. The lowest BCUT2D eigenvalue weighted by Gasteiger charge is -2.37. The van der Waals surface area contributed by atoms with Gasteiger partial charge >= 0.3 is 0 Å². The van der Waals surface area contributed by atoms with Gasteiger partial charge in [0.2, 0.25) is 0 Å². The molecule has 1 aliphatic heterocycles. The third-order valence-electron chi connectivity index (χ3n) is 5.25.